The molecule has 0 aromatic heterocycles. The summed E-state index contributed by atoms with van der Waals surface area (Å²) in [5.74, 6) is 0.0331. The third kappa shape index (κ3) is 2.70. The van der Waals surface area contributed by atoms with Crippen LogP contribution in [0.3, 0.4) is 0 Å². The molecular weight excluding hydrogens is 220 g/mol. The number of carbonyl (C=O) groups is 2. The van der Waals surface area contributed by atoms with E-state index in [0.717, 1.165) is 12.8 Å². The van der Waals surface area contributed by atoms with Crippen molar-refractivity contribution in [3.8, 4) is 0 Å². The van der Waals surface area contributed by atoms with Gasteiger partial charge in [-0.1, -0.05) is 0 Å². The zero-order valence-electron chi connectivity index (χ0n) is 10.7. The maximum atomic E-state index is 12.1. The monoisotopic (exact) mass is 240 g/mol. The van der Waals surface area contributed by atoms with Gasteiger partial charge in [-0.3, -0.25) is 9.69 Å². The fourth-order valence-corrected chi connectivity index (χ4v) is 2.49. The Hall–Kier alpha value is -1.26. The van der Waals surface area contributed by atoms with Crippen LogP contribution in [-0.4, -0.2) is 41.1 Å². The second-order valence-corrected chi connectivity index (χ2v) is 5.78. The van der Waals surface area contributed by atoms with E-state index in [1.54, 1.807) is 4.90 Å². The molecule has 0 aliphatic carbocycles. The Kier molecular flexibility index (Phi) is 3.02. The van der Waals surface area contributed by atoms with E-state index in [2.05, 4.69) is 5.32 Å². The molecule has 2 fully saturated rings. The molecule has 2 heterocycles. The smallest absolute Gasteiger partial charge is 0.410 e. The molecule has 2 aliphatic rings. The molecule has 0 radical (unpaired) electrons. The first-order valence-electron chi connectivity index (χ1n) is 6.15. The van der Waals surface area contributed by atoms with E-state index in [4.69, 9.17) is 4.74 Å². The molecule has 2 aliphatic heterocycles. The van der Waals surface area contributed by atoms with Gasteiger partial charge in [0.25, 0.3) is 0 Å². The van der Waals surface area contributed by atoms with Crippen molar-refractivity contribution in [2.45, 2.75) is 57.7 Å². The van der Waals surface area contributed by atoms with Gasteiger partial charge in [0.15, 0.2) is 0 Å². The molecule has 0 spiro atoms. The van der Waals surface area contributed by atoms with Crippen molar-refractivity contribution < 1.29 is 14.3 Å². The van der Waals surface area contributed by atoms with E-state index in [0.29, 0.717) is 13.0 Å². The summed E-state index contributed by atoms with van der Waals surface area (Å²) in [4.78, 5) is 25.3. The predicted octanol–water partition coefficient (Wildman–Crippen LogP) is 1.27. The van der Waals surface area contributed by atoms with Crippen LogP contribution in [0.15, 0.2) is 0 Å². The number of rotatable bonds is 0. The van der Waals surface area contributed by atoms with E-state index in [1.807, 2.05) is 20.8 Å². The molecular formula is C12H20N2O3. The number of fused-ring (bicyclic) bond motifs is 2. The summed E-state index contributed by atoms with van der Waals surface area (Å²) in [5, 5.41) is 2.84. The molecule has 0 saturated carbocycles. The summed E-state index contributed by atoms with van der Waals surface area (Å²) >= 11 is 0. The van der Waals surface area contributed by atoms with Crippen molar-refractivity contribution in [2.24, 2.45) is 0 Å². The summed E-state index contributed by atoms with van der Waals surface area (Å²) in [6.45, 7) is 6.12. The van der Waals surface area contributed by atoms with Crippen molar-refractivity contribution in [3.63, 3.8) is 0 Å². The number of hydrogen-bond acceptors (Lipinski definition) is 3. The third-order valence-electron chi connectivity index (χ3n) is 3.18. The molecule has 1 N–H and O–H groups in total. The van der Waals surface area contributed by atoms with Gasteiger partial charge in [-0.25, -0.2) is 4.79 Å². The lowest BCUT2D eigenvalue weighted by molar-refractivity contribution is -0.121. The summed E-state index contributed by atoms with van der Waals surface area (Å²) in [6.07, 6.45) is 1.96. The van der Waals surface area contributed by atoms with Crippen LogP contribution in [0.25, 0.3) is 0 Å². The molecule has 5 heteroatoms. The molecule has 0 aromatic carbocycles. The molecule has 2 rings (SSSR count). The minimum Gasteiger partial charge on any atom is -0.444 e. The van der Waals surface area contributed by atoms with Crippen LogP contribution in [0.4, 0.5) is 4.79 Å². The number of nitrogens with zero attached hydrogens (tertiary/aromatic N) is 1. The highest BCUT2D eigenvalue weighted by atomic mass is 16.6. The summed E-state index contributed by atoms with van der Waals surface area (Å²) in [7, 11) is 0. The van der Waals surface area contributed by atoms with Crippen molar-refractivity contribution in [1.82, 2.24) is 10.2 Å². The average Bonchev–Trinajstić information content (AvgIpc) is 2.45. The van der Waals surface area contributed by atoms with Crippen LogP contribution in [0.5, 0.6) is 0 Å². The van der Waals surface area contributed by atoms with Crippen LogP contribution in [0, 0.1) is 0 Å². The molecule has 17 heavy (non-hydrogen) atoms. The fourth-order valence-electron chi connectivity index (χ4n) is 2.49. The second kappa shape index (κ2) is 4.20. The first-order valence-corrected chi connectivity index (χ1v) is 6.15. The van der Waals surface area contributed by atoms with Gasteiger partial charge in [0.2, 0.25) is 5.91 Å². The lowest BCUT2D eigenvalue weighted by Crippen LogP contribution is -2.45. The maximum Gasteiger partial charge on any atom is 0.410 e. The van der Waals surface area contributed by atoms with Crippen molar-refractivity contribution in [3.05, 3.63) is 0 Å². The van der Waals surface area contributed by atoms with Gasteiger partial charge < -0.3 is 10.1 Å². The van der Waals surface area contributed by atoms with Gasteiger partial charge in [0.1, 0.15) is 5.60 Å². The number of ether oxygens (including phenoxy) is 1. The van der Waals surface area contributed by atoms with Gasteiger partial charge in [-0.2, -0.15) is 0 Å². The van der Waals surface area contributed by atoms with Crippen LogP contribution in [0.1, 0.15) is 40.0 Å². The lowest BCUT2D eigenvalue weighted by atomic mass is 10.1. The predicted molar refractivity (Wildman–Crippen MR) is 62.5 cm³/mol. The maximum absolute atomic E-state index is 12.1. The minimum atomic E-state index is -0.486. The van der Waals surface area contributed by atoms with Gasteiger partial charge in [-0.15, -0.1) is 0 Å². The van der Waals surface area contributed by atoms with Gasteiger partial charge in [0, 0.05) is 19.0 Å². The molecule has 5 nitrogen and oxygen atoms in total. The van der Waals surface area contributed by atoms with Crippen molar-refractivity contribution in [2.75, 3.05) is 6.54 Å². The minimum absolute atomic E-state index is 0.0114. The van der Waals surface area contributed by atoms with E-state index in [-0.39, 0.29) is 24.1 Å². The first kappa shape index (κ1) is 12.2. The summed E-state index contributed by atoms with van der Waals surface area (Å²) in [6, 6.07) is 0.110. The largest absolute Gasteiger partial charge is 0.444 e. The molecule has 0 unspecified atom stereocenters. The second-order valence-electron chi connectivity index (χ2n) is 5.78. The fraction of sp³-hybridized carbons (Fsp3) is 0.833. The van der Waals surface area contributed by atoms with Crippen LogP contribution in [0.2, 0.25) is 0 Å². The molecule has 96 valence electrons. The highest BCUT2D eigenvalue weighted by Gasteiger charge is 2.42. The Labute approximate surface area is 101 Å². The first-order chi connectivity index (χ1) is 7.87. The molecule has 2 saturated heterocycles. The molecule has 2 atom stereocenters. The lowest BCUT2D eigenvalue weighted by Gasteiger charge is -2.30. The Morgan fingerprint density at radius 1 is 1.35 bits per heavy atom. The Bertz CT molecular complexity index is 335. The van der Waals surface area contributed by atoms with Crippen LogP contribution < -0.4 is 5.32 Å². The summed E-state index contributed by atoms with van der Waals surface area (Å²) < 4.78 is 5.40. The highest BCUT2D eigenvalue weighted by molar-refractivity contribution is 5.79. The Morgan fingerprint density at radius 3 is 2.65 bits per heavy atom. The zero-order chi connectivity index (χ0) is 12.6. The third-order valence-corrected chi connectivity index (χ3v) is 3.18. The SMILES string of the molecule is CC(C)(C)OC(=O)N1[C@H]2CC[C@H]1CC(=O)NC2. The zero-order valence-corrected chi connectivity index (χ0v) is 10.7. The standard InChI is InChI=1S/C12H20N2O3/c1-12(2,3)17-11(16)14-8-4-5-9(14)7-13-10(15)6-8/h8-9H,4-7H2,1-3H3,(H,13,15)/t8-,9-/m0/s1. The van der Waals surface area contributed by atoms with E-state index >= 15 is 0 Å². The average molecular weight is 240 g/mol. The van der Waals surface area contributed by atoms with Crippen molar-refractivity contribution in [1.29, 1.82) is 0 Å². The van der Waals surface area contributed by atoms with E-state index < -0.39 is 5.60 Å². The molecule has 0 aromatic rings. The summed E-state index contributed by atoms with van der Waals surface area (Å²) in [5.41, 5.74) is -0.486. The van der Waals surface area contributed by atoms with E-state index in [9.17, 15) is 9.59 Å². The normalized spacial score (nSPS) is 28.6. The van der Waals surface area contributed by atoms with Gasteiger partial charge in [0.05, 0.1) is 6.04 Å². The molecule has 2 amide bonds. The van der Waals surface area contributed by atoms with Crippen LogP contribution >= 0.6 is 0 Å². The molecule has 2 bridgehead atoms. The quantitative estimate of drug-likeness (QED) is 0.693. The van der Waals surface area contributed by atoms with Crippen molar-refractivity contribution >= 4 is 12.0 Å². The van der Waals surface area contributed by atoms with Gasteiger partial charge in [-0.05, 0) is 33.6 Å². The van der Waals surface area contributed by atoms with Crippen LogP contribution in [-0.2, 0) is 9.53 Å². The number of amides is 2. The number of hydrogen-bond donors (Lipinski definition) is 1. The highest BCUT2D eigenvalue weighted by Crippen LogP contribution is 2.29. The Morgan fingerprint density at radius 2 is 2.00 bits per heavy atom. The number of nitrogens with one attached hydrogen (secondary N) is 1. The number of carbonyl (C=O) groups excluding carboxylic acids is 2. The van der Waals surface area contributed by atoms with E-state index in [1.165, 1.54) is 0 Å². The topological polar surface area (TPSA) is 58.6 Å². The van der Waals surface area contributed by atoms with Gasteiger partial charge >= 0.3 is 6.09 Å². The Balaban J connectivity index is 2.09.